The number of nitrogens with one attached hydrogen (secondary N) is 1. The zero-order chi connectivity index (χ0) is 13.2. The molecule has 0 saturated heterocycles. The van der Waals surface area contributed by atoms with Crippen LogP contribution in [0.5, 0.6) is 0 Å². The van der Waals surface area contributed by atoms with Crippen molar-refractivity contribution in [2.45, 2.75) is 26.8 Å². The predicted molar refractivity (Wildman–Crippen MR) is 75.4 cm³/mol. The summed E-state index contributed by atoms with van der Waals surface area (Å²) in [6.07, 6.45) is 0.932. The summed E-state index contributed by atoms with van der Waals surface area (Å²) in [6.45, 7) is 4.61. The Hall–Kier alpha value is -1.95. The average Bonchev–Trinajstić information content (AvgIpc) is 3.00. The Bertz CT molecular complexity index is 704. The number of oxazole rings is 1. The van der Waals surface area contributed by atoms with Crippen molar-refractivity contribution in [2.24, 2.45) is 0 Å². The van der Waals surface area contributed by atoms with E-state index < -0.39 is 0 Å². The molecule has 0 atom stereocenters. The highest BCUT2D eigenvalue weighted by Gasteiger charge is 2.05. The van der Waals surface area contributed by atoms with E-state index in [4.69, 9.17) is 4.42 Å². The highest BCUT2D eigenvalue weighted by atomic mass is 32.1. The van der Waals surface area contributed by atoms with Crippen LogP contribution in [0.4, 0.5) is 5.69 Å². The molecular formula is C13H14N4OS. The van der Waals surface area contributed by atoms with Crippen LogP contribution >= 0.6 is 11.3 Å². The van der Waals surface area contributed by atoms with Gasteiger partial charge < -0.3 is 9.73 Å². The van der Waals surface area contributed by atoms with Crippen molar-refractivity contribution < 1.29 is 4.42 Å². The molecule has 0 saturated carbocycles. The summed E-state index contributed by atoms with van der Waals surface area (Å²) in [7, 11) is 0. The summed E-state index contributed by atoms with van der Waals surface area (Å²) in [5.41, 5.74) is 2.68. The van der Waals surface area contributed by atoms with Gasteiger partial charge in [-0.2, -0.15) is 0 Å². The third-order valence-electron chi connectivity index (χ3n) is 2.75. The number of aryl methyl sites for hydroxylation is 2. The van der Waals surface area contributed by atoms with Gasteiger partial charge in [-0.25, -0.2) is 4.98 Å². The van der Waals surface area contributed by atoms with Crippen LogP contribution in [0.15, 0.2) is 22.6 Å². The molecule has 3 aromatic rings. The van der Waals surface area contributed by atoms with Gasteiger partial charge in [-0.05, 0) is 18.6 Å². The number of rotatable bonds is 4. The van der Waals surface area contributed by atoms with Gasteiger partial charge in [-0.3, -0.25) is 0 Å². The molecule has 0 bridgehead atoms. The summed E-state index contributed by atoms with van der Waals surface area (Å²) < 4.78 is 5.51. The topological polar surface area (TPSA) is 63.8 Å². The van der Waals surface area contributed by atoms with Gasteiger partial charge in [0.15, 0.2) is 11.5 Å². The van der Waals surface area contributed by atoms with E-state index in [2.05, 4.69) is 27.4 Å². The Morgan fingerprint density at radius 3 is 2.89 bits per heavy atom. The number of benzene rings is 1. The molecule has 0 unspecified atom stereocenters. The predicted octanol–water partition coefficient (Wildman–Crippen LogP) is 3.16. The molecule has 98 valence electrons. The average molecular weight is 274 g/mol. The van der Waals surface area contributed by atoms with E-state index in [1.807, 2.05) is 25.1 Å². The van der Waals surface area contributed by atoms with E-state index in [-0.39, 0.29) is 0 Å². The van der Waals surface area contributed by atoms with Crippen LogP contribution in [0.3, 0.4) is 0 Å². The van der Waals surface area contributed by atoms with Crippen LogP contribution in [0.25, 0.3) is 11.1 Å². The third-order valence-corrected chi connectivity index (χ3v) is 3.82. The summed E-state index contributed by atoms with van der Waals surface area (Å²) >= 11 is 1.64. The first-order chi connectivity index (χ1) is 9.24. The largest absolute Gasteiger partial charge is 0.441 e. The second kappa shape index (κ2) is 4.97. The molecule has 0 amide bonds. The first-order valence-electron chi connectivity index (χ1n) is 6.17. The van der Waals surface area contributed by atoms with Gasteiger partial charge in [0.25, 0.3) is 0 Å². The Morgan fingerprint density at radius 2 is 2.11 bits per heavy atom. The Balaban J connectivity index is 1.73. The van der Waals surface area contributed by atoms with Crippen molar-refractivity contribution >= 4 is 28.1 Å². The fourth-order valence-electron chi connectivity index (χ4n) is 1.83. The zero-order valence-corrected chi connectivity index (χ0v) is 11.6. The van der Waals surface area contributed by atoms with Gasteiger partial charge in [0.1, 0.15) is 15.5 Å². The summed E-state index contributed by atoms with van der Waals surface area (Å²) in [4.78, 5) is 4.27. The molecule has 2 aromatic heterocycles. The summed E-state index contributed by atoms with van der Waals surface area (Å²) in [6, 6.07) is 5.90. The quantitative estimate of drug-likeness (QED) is 0.791. The molecule has 3 rings (SSSR count). The van der Waals surface area contributed by atoms with Crippen LogP contribution in [-0.2, 0) is 13.0 Å². The Kier molecular flexibility index (Phi) is 3.16. The summed E-state index contributed by atoms with van der Waals surface area (Å²) in [5.74, 6) is 0.684. The van der Waals surface area contributed by atoms with Crippen molar-refractivity contribution in [3.05, 3.63) is 34.1 Å². The highest BCUT2D eigenvalue weighted by molar-refractivity contribution is 7.11. The second-order valence-electron chi connectivity index (χ2n) is 4.21. The number of hydrogen-bond donors (Lipinski definition) is 1. The molecule has 0 spiro atoms. The van der Waals surface area contributed by atoms with Gasteiger partial charge in [-0.15, -0.1) is 10.2 Å². The lowest BCUT2D eigenvalue weighted by Crippen LogP contribution is -1.98. The molecule has 0 aliphatic rings. The minimum atomic E-state index is 0.677. The molecule has 0 fully saturated rings. The van der Waals surface area contributed by atoms with E-state index >= 15 is 0 Å². The van der Waals surface area contributed by atoms with Gasteiger partial charge in [-0.1, -0.05) is 18.3 Å². The molecule has 0 radical (unpaired) electrons. The lowest BCUT2D eigenvalue weighted by Gasteiger charge is -2.02. The van der Waals surface area contributed by atoms with E-state index in [0.717, 1.165) is 33.2 Å². The van der Waals surface area contributed by atoms with Crippen molar-refractivity contribution in [1.29, 1.82) is 0 Å². The van der Waals surface area contributed by atoms with Crippen molar-refractivity contribution in [2.75, 3.05) is 5.32 Å². The van der Waals surface area contributed by atoms with E-state index in [1.54, 1.807) is 11.3 Å². The molecular weight excluding hydrogens is 260 g/mol. The minimum Gasteiger partial charge on any atom is -0.441 e. The van der Waals surface area contributed by atoms with E-state index in [1.165, 1.54) is 0 Å². The van der Waals surface area contributed by atoms with Gasteiger partial charge >= 0.3 is 0 Å². The van der Waals surface area contributed by atoms with E-state index in [9.17, 15) is 0 Å². The maximum atomic E-state index is 5.51. The number of anilines is 1. The second-order valence-corrected chi connectivity index (χ2v) is 5.36. The SMILES string of the molecule is CCc1nnc(CNc2ccc3nc(C)oc3c2)s1. The van der Waals surface area contributed by atoms with Crippen LogP contribution in [0.2, 0.25) is 0 Å². The molecule has 19 heavy (non-hydrogen) atoms. The fourth-order valence-corrected chi connectivity index (χ4v) is 2.55. The third kappa shape index (κ3) is 2.58. The number of aromatic nitrogens is 3. The minimum absolute atomic E-state index is 0.677. The zero-order valence-electron chi connectivity index (χ0n) is 10.8. The maximum absolute atomic E-state index is 5.51. The number of nitrogens with zero attached hydrogens (tertiary/aromatic N) is 3. The molecule has 0 aliphatic carbocycles. The lowest BCUT2D eigenvalue weighted by atomic mass is 10.3. The lowest BCUT2D eigenvalue weighted by molar-refractivity contribution is 0.561. The molecule has 6 heteroatoms. The van der Waals surface area contributed by atoms with Crippen LogP contribution in [0.1, 0.15) is 22.8 Å². The first-order valence-corrected chi connectivity index (χ1v) is 6.98. The first kappa shape index (κ1) is 12.1. The monoisotopic (exact) mass is 274 g/mol. The maximum Gasteiger partial charge on any atom is 0.192 e. The highest BCUT2D eigenvalue weighted by Crippen LogP contribution is 2.20. The van der Waals surface area contributed by atoms with Crippen LogP contribution in [-0.4, -0.2) is 15.2 Å². The van der Waals surface area contributed by atoms with Gasteiger partial charge in [0.2, 0.25) is 0 Å². The molecule has 1 aromatic carbocycles. The Labute approximate surface area is 114 Å². The van der Waals surface area contributed by atoms with Crippen LogP contribution < -0.4 is 5.32 Å². The molecule has 2 heterocycles. The normalized spacial score (nSPS) is 11.1. The summed E-state index contributed by atoms with van der Waals surface area (Å²) in [5, 5.41) is 13.6. The standard InChI is InChI=1S/C13H14N4OS/c1-3-12-16-17-13(19-12)7-14-9-4-5-10-11(6-9)18-8(2)15-10/h4-6,14H,3,7H2,1-2H3. The van der Waals surface area contributed by atoms with Crippen LogP contribution in [0, 0.1) is 6.92 Å². The number of hydrogen-bond acceptors (Lipinski definition) is 6. The fraction of sp³-hybridized carbons (Fsp3) is 0.308. The molecule has 0 aliphatic heterocycles. The van der Waals surface area contributed by atoms with E-state index in [0.29, 0.717) is 12.4 Å². The molecule has 5 nitrogen and oxygen atoms in total. The molecule has 1 N–H and O–H groups in total. The number of fused-ring (bicyclic) bond motifs is 1. The Morgan fingerprint density at radius 1 is 1.26 bits per heavy atom. The van der Waals surface area contributed by atoms with Gasteiger partial charge in [0, 0.05) is 18.7 Å². The van der Waals surface area contributed by atoms with Crippen molar-refractivity contribution in [3.63, 3.8) is 0 Å². The van der Waals surface area contributed by atoms with Crippen molar-refractivity contribution in [3.8, 4) is 0 Å². The smallest absolute Gasteiger partial charge is 0.192 e. The van der Waals surface area contributed by atoms with Crippen molar-refractivity contribution in [1.82, 2.24) is 15.2 Å². The van der Waals surface area contributed by atoms with Gasteiger partial charge in [0.05, 0.1) is 6.54 Å².